The van der Waals surface area contributed by atoms with Crippen molar-refractivity contribution in [2.45, 2.75) is 19.8 Å². The summed E-state index contributed by atoms with van der Waals surface area (Å²) in [5, 5.41) is 7.33. The normalized spacial score (nSPS) is 11.6. The fraction of sp³-hybridized carbons (Fsp3) is 0.111. The van der Waals surface area contributed by atoms with Gasteiger partial charge in [-0.05, 0) is 66.1 Å². The van der Waals surface area contributed by atoms with Crippen molar-refractivity contribution in [1.82, 2.24) is 14.8 Å². The summed E-state index contributed by atoms with van der Waals surface area (Å²) in [5.74, 6) is -1.79. The molecule has 0 saturated heterocycles. The zero-order valence-electron chi connectivity index (χ0n) is 20.9. The maximum Gasteiger partial charge on any atom is 0.433 e. The lowest BCUT2D eigenvalue weighted by Gasteiger charge is -2.12. The Bertz CT molecular complexity index is 1800. The minimum atomic E-state index is -4.82. The Kier molecular flexibility index (Phi) is 7.41. The Balaban J connectivity index is 1.51. The number of benzene rings is 2. The van der Waals surface area contributed by atoms with Crippen LogP contribution in [-0.2, 0) is 12.9 Å². The second kappa shape index (κ2) is 10.8. The molecule has 2 amide bonds. The van der Waals surface area contributed by atoms with Gasteiger partial charge >= 0.3 is 6.18 Å². The van der Waals surface area contributed by atoms with Gasteiger partial charge in [0.1, 0.15) is 27.0 Å². The number of nitrogens with two attached hydrogens (primary N) is 1. The van der Waals surface area contributed by atoms with E-state index < -0.39 is 29.5 Å². The van der Waals surface area contributed by atoms with E-state index in [9.17, 15) is 27.2 Å². The van der Waals surface area contributed by atoms with Gasteiger partial charge in [-0.15, -0.1) is 11.3 Å². The van der Waals surface area contributed by atoms with Crippen molar-refractivity contribution in [2.24, 2.45) is 5.73 Å². The number of carbonyl (C=O) groups excluding carboxylic acids is 2. The predicted molar refractivity (Wildman–Crippen MR) is 146 cm³/mol. The van der Waals surface area contributed by atoms with Crippen LogP contribution in [0, 0.1) is 12.7 Å². The van der Waals surface area contributed by atoms with Gasteiger partial charge in [0.15, 0.2) is 12.4 Å². The number of anilines is 1. The summed E-state index contributed by atoms with van der Waals surface area (Å²) in [4.78, 5) is 28.7. The molecule has 5 rings (SSSR count). The number of thiophene rings is 1. The zero-order chi connectivity index (χ0) is 29.5. The molecule has 3 N–H and O–H groups in total. The van der Waals surface area contributed by atoms with Crippen LogP contribution >= 0.6 is 22.9 Å². The van der Waals surface area contributed by atoms with E-state index in [0.717, 1.165) is 23.8 Å². The minimum absolute atomic E-state index is 0.0290. The molecule has 41 heavy (non-hydrogen) atoms. The summed E-state index contributed by atoms with van der Waals surface area (Å²) in [6.45, 7) is 1.78. The number of carbonyl (C=O) groups is 2. The monoisotopic (exact) mass is 603 g/mol. The number of halogens is 5. The number of ether oxygens (including phenoxy) is 1. The average Bonchev–Trinajstić information content (AvgIpc) is 3.53. The van der Waals surface area contributed by atoms with Gasteiger partial charge in [-0.3, -0.25) is 9.59 Å². The van der Waals surface area contributed by atoms with Crippen molar-refractivity contribution in [1.29, 1.82) is 0 Å². The van der Waals surface area contributed by atoms with Crippen LogP contribution in [0.15, 0.2) is 60.8 Å². The van der Waals surface area contributed by atoms with Gasteiger partial charge in [-0.25, -0.2) is 14.1 Å². The Hall–Kier alpha value is -4.49. The first kappa shape index (κ1) is 28.1. The van der Waals surface area contributed by atoms with E-state index >= 15 is 0 Å². The highest BCUT2D eigenvalue weighted by atomic mass is 35.5. The Morgan fingerprint density at radius 3 is 2.51 bits per heavy atom. The standard InChI is InChI=1S/C27H18ClF4N5O3S/c1-13-10-15(28)4-7-19(13)40-12-37-9-8-18(36-37)25(39)35-22-21-17(14-2-5-16(29)6-3-14)11-20(27(30,31)32)34-26(21)41-23(22)24(33)38/h2-11H,12H2,1H3,(H2,33,38)(H,35,39). The third-order valence-electron chi connectivity index (χ3n) is 5.93. The molecule has 3 aromatic heterocycles. The molecule has 0 spiro atoms. The Morgan fingerprint density at radius 2 is 1.85 bits per heavy atom. The average molecular weight is 604 g/mol. The molecule has 0 aliphatic heterocycles. The fourth-order valence-electron chi connectivity index (χ4n) is 4.04. The molecule has 8 nitrogen and oxygen atoms in total. The lowest BCUT2D eigenvalue weighted by atomic mass is 10.0. The molecule has 0 saturated carbocycles. The van der Waals surface area contributed by atoms with Crippen LogP contribution < -0.4 is 15.8 Å². The van der Waals surface area contributed by atoms with Crippen molar-refractivity contribution >= 4 is 50.7 Å². The van der Waals surface area contributed by atoms with Gasteiger partial charge in [-0.2, -0.15) is 18.3 Å². The first-order valence-electron chi connectivity index (χ1n) is 11.7. The largest absolute Gasteiger partial charge is 0.471 e. The molecule has 0 bridgehead atoms. The molecular weight excluding hydrogens is 586 g/mol. The second-order valence-corrected chi connectivity index (χ2v) is 10.2. The molecule has 3 heterocycles. The molecule has 2 aromatic carbocycles. The number of hydrogen-bond donors (Lipinski definition) is 2. The van der Waals surface area contributed by atoms with Crippen molar-refractivity contribution in [2.75, 3.05) is 5.32 Å². The van der Waals surface area contributed by atoms with Crippen LogP contribution in [-0.4, -0.2) is 26.6 Å². The van der Waals surface area contributed by atoms with Gasteiger partial charge in [0.05, 0.1) is 5.69 Å². The highest BCUT2D eigenvalue weighted by molar-refractivity contribution is 7.21. The van der Waals surface area contributed by atoms with Crippen LogP contribution in [0.4, 0.5) is 23.2 Å². The maximum absolute atomic E-state index is 13.7. The second-order valence-electron chi connectivity index (χ2n) is 8.79. The first-order valence-corrected chi connectivity index (χ1v) is 12.9. The summed E-state index contributed by atoms with van der Waals surface area (Å²) < 4.78 is 61.7. The van der Waals surface area contributed by atoms with Crippen molar-refractivity contribution in [3.05, 3.63) is 93.5 Å². The van der Waals surface area contributed by atoms with E-state index in [1.165, 1.54) is 29.1 Å². The number of hydrogen-bond acceptors (Lipinski definition) is 6. The van der Waals surface area contributed by atoms with Crippen LogP contribution in [0.3, 0.4) is 0 Å². The quantitative estimate of drug-likeness (QED) is 0.202. The van der Waals surface area contributed by atoms with Crippen molar-refractivity contribution < 1.29 is 31.9 Å². The first-order chi connectivity index (χ1) is 19.4. The van der Waals surface area contributed by atoms with E-state index in [-0.39, 0.29) is 44.3 Å². The third-order valence-corrected chi connectivity index (χ3v) is 7.27. The number of nitrogens with one attached hydrogen (secondary N) is 1. The topological polar surface area (TPSA) is 112 Å². The number of amides is 2. The SMILES string of the molecule is Cc1cc(Cl)ccc1OCn1ccc(C(=O)Nc2c(C(N)=O)sc3nc(C(F)(F)F)cc(-c4ccc(F)cc4)c23)n1. The van der Waals surface area contributed by atoms with Gasteiger partial charge in [0.2, 0.25) is 0 Å². The van der Waals surface area contributed by atoms with E-state index in [1.807, 2.05) is 6.92 Å². The van der Waals surface area contributed by atoms with Gasteiger partial charge in [0.25, 0.3) is 11.8 Å². The number of aromatic nitrogens is 3. The molecule has 0 radical (unpaired) electrons. The molecule has 14 heteroatoms. The van der Waals surface area contributed by atoms with Gasteiger partial charge in [-0.1, -0.05) is 23.7 Å². The predicted octanol–water partition coefficient (Wildman–Crippen LogP) is 6.67. The summed E-state index contributed by atoms with van der Waals surface area (Å²) >= 11 is 6.56. The number of pyridine rings is 1. The van der Waals surface area contributed by atoms with Crippen molar-refractivity contribution in [3.63, 3.8) is 0 Å². The van der Waals surface area contributed by atoms with Crippen molar-refractivity contribution in [3.8, 4) is 16.9 Å². The van der Waals surface area contributed by atoms with Crippen LogP contribution in [0.2, 0.25) is 5.02 Å². The highest BCUT2D eigenvalue weighted by Gasteiger charge is 2.35. The molecular formula is C27H18ClF4N5O3S. The number of alkyl halides is 3. The van der Waals surface area contributed by atoms with Crippen LogP contribution in [0.1, 0.15) is 31.4 Å². The summed E-state index contributed by atoms with van der Waals surface area (Å²) in [6.07, 6.45) is -3.33. The molecule has 0 aliphatic carbocycles. The van der Waals surface area contributed by atoms with Gasteiger partial charge < -0.3 is 15.8 Å². The lowest BCUT2D eigenvalue weighted by Crippen LogP contribution is -2.18. The van der Waals surface area contributed by atoms with Crippen LogP contribution in [0.25, 0.3) is 21.3 Å². The Morgan fingerprint density at radius 1 is 1.12 bits per heavy atom. The molecule has 0 atom stereocenters. The summed E-state index contributed by atoms with van der Waals surface area (Å²) in [7, 11) is 0. The van der Waals surface area contributed by atoms with E-state index in [1.54, 1.807) is 18.2 Å². The smallest absolute Gasteiger partial charge is 0.433 e. The summed E-state index contributed by atoms with van der Waals surface area (Å²) in [5.41, 5.74) is 5.06. The fourth-order valence-corrected chi connectivity index (χ4v) is 5.27. The third kappa shape index (κ3) is 5.86. The summed E-state index contributed by atoms with van der Waals surface area (Å²) in [6, 6.07) is 12.0. The minimum Gasteiger partial charge on any atom is -0.471 e. The number of fused-ring (bicyclic) bond motifs is 1. The number of nitrogens with zero attached hydrogens (tertiary/aromatic N) is 3. The van der Waals surface area contributed by atoms with Gasteiger partial charge in [0, 0.05) is 16.6 Å². The molecule has 210 valence electrons. The zero-order valence-corrected chi connectivity index (χ0v) is 22.5. The van der Waals surface area contributed by atoms with E-state index in [2.05, 4.69) is 15.4 Å². The number of rotatable bonds is 7. The number of primary amides is 1. The maximum atomic E-state index is 13.7. The molecule has 5 aromatic rings. The Labute approximate surface area is 238 Å². The molecule has 0 fully saturated rings. The van der Waals surface area contributed by atoms with E-state index in [0.29, 0.717) is 22.1 Å². The molecule has 0 aliphatic rings. The van der Waals surface area contributed by atoms with E-state index in [4.69, 9.17) is 22.1 Å². The highest BCUT2D eigenvalue weighted by Crippen LogP contribution is 2.43. The number of aryl methyl sites for hydroxylation is 1. The van der Waals surface area contributed by atoms with Crippen LogP contribution in [0.5, 0.6) is 5.75 Å². The molecule has 0 unspecified atom stereocenters. The lowest BCUT2D eigenvalue weighted by molar-refractivity contribution is -0.140.